The lowest BCUT2D eigenvalue weighted by Gasteiger charge is -2.08. The fraction of sp³-hybridized carbons (Fsp3) is 0.308. The number of aromatic nitrogens is 2. The van der Waals surface area contributed by atoms with Crippen LogP contribution in [-0.4, -0.2) is 9.55 Å². The minimum atomic E-state index is 0.554. The Kier molecular flexibility index (Phi) is 3.52. The molecule has 0 saturated heterocycles. The molecule has 0 atom stereocenters. The third kappa shape index (κ3) is 2.52. The quantitative estimate of drug-likeness (QED) is 0.940. The molecule has 4 heteroatoms. The number of halogens is 1. The molecule has 0 amide bonds. The van der Waals surface area contributed by atoms with Gasteiger partial charge in [0.05, 0.1) is 6.33 Å². The minimum absolute atomic E-state index is 0.554. The van der Waals surface area contributed by atoms with Gasteiger partial charge in [-0.2, -0.15) is 0 Å². The SMILES string of the molecule is CC(C)Cn1cnc(-c2ccccc2Br)c1N. The van der Waals surface area contributed by atoms with Crippen molar-refractivity contribution >= 4 is 21.7 Å². The monoisotopic (exact) mass is 293 g/mol. The Morgan fingerprint density at radius 2 is 2.06 bits per heavy atom. The second-order valence-electron chi connectivity index (χ2n) is 4.50. The first-order valence-electron chi connectivity index (χ1n) is 5.65. The maximum absolute atomic E-state index is 6.13. The molecule has 1 heterocycles. The molecule has 17 heavy (non-hydrogen) atoms. The van der Waals surface area contributed by atoms with Crippen LogP contribution < -0.4 is 5.73 Å². The second-order valence-corrected chi connectivity index (χ2v) is 5.36. The Bertz CT molecular complexity index is 517. The molecule has 2 N–H and O–H groups in total. The van der Waals surface area contributed by atoms with Crippen LogP contribution in [0.4, 0.5) is 5.82 Å². The van der Waals surface area contributed by atoms with E-state index in [4.69, 9.17) is 5.73 Å². The molecule has 0 saturated carbocycles. The fourth-order valence-corrected chi connectivity index (χ4v) is 2.26. The highest BCUT2D eigenvalue weighted by atomic mass is 79.9. The van der Waals surface area contributed by atoms with E-state index < -0.39 is 0 Å². The molecule has 0 aliphatic rings. The maximum Gasteiger partial charge on any atom is 0.131 e. The average Bonchev–Trinajstić information content (AvgIpc) is 2.61. The first-order valence-corrected chi connectivity index (χ1v) is 6.44. The summed E-state index contributed by atoms with van der Waals surface area (Å²) in [5.41, 5.74) is 8.01. The van der Waals surface area contributed by atoms with Gasteiger partial charge in [-0.1, -0.05) is 48.0 Å². The van der Waals surface area contributed by atoms with E-state index in [0.29, 0.717) is 5.92 Å². The zero-order chi connectivity index (χ0) is 12.4. The van der Waals surface area contributed by atoms with Gasteiger partial charge in [-0.3, -0.25) is 0 Å². The molecule has 0 aliphatic carbocycles. The molecule has 0 unspecified atom stereocenters. The van der Waals surface area contributed by atoms with Gasteiger partial charge in [0, 0.05) is 16.6 Å². The highest BCUT2D eigenvalue weighted by Crippen LogP contribution is 2.30. The predicted molar refractivity (Wildman–Crippen MR) is 74.6 cm³/mol. The molecule has 2 aromatic rings. The topological polar surface area (TPSA) is 43.8 Å². The van der Waals surface area contributed by atoms with Gasteiger partial charge in [0.15, 0.2) is 0 Å². The summed E-state index contributed by atoms with van der Waals surface area (Å²) in [5.74, 6) is 1.28. The standard InChI is InChI=1S/C13H16BrN3/c1-9(2)7-17-8-16-12(13(17)15)10-5-3-4-6-11(10)14/h3-6,8-9H,7,15H2,1-2H3. The van der Waals surface area contributed by atoms with Crippen molar-refractivity contribution in [3.63, 3.8) is 0 Å². The molecule has 0 spiro atoms. The van der Waals surface area contributed by atoms with E-state index in [2.05, 4.69) is 34.8 Å². The van der Waals surface area contributed by atoms with Crippen LogP contribution in [0.5, 0.6) is 0 Å². The van der Waals surface area contributed by atoms with Crippen LogP contribution in [0.25, 0.3) is 11.3 Å². The van der Waals surface area contributed by atoms with Crippen molar-refractivity contribution in [3.8, 4) is 11.3 Å². The van der Waals surface area contributed by atoms with Crippen LogP contribution in [-0.2, 0) is 6.54 Å². The number of rotatable bonds is 3. The summed E-state index contributed by atoms with van der Waals surface area (Å²) in [5, 5.41) is 0. The molecule has 90 valence electrons. The lowest BCUT2D eigenvalue weighted by Crippen LogP contribution is -2.06. The Morgan fingerprint density at radius 3 is 2.71 bits per heavy atom. The third-order valence-corrected chi connectivity index (χ3v) is 3.26. The van der Waals surface area contributed by atoms with Gasteiger partial charge in [-0.25, -0.2) is 4.98 Å². The number of nitrogens with zero attached hydrogens (tertiary/aromatic N) is 2. The van der Waals surface area contributed by atoms with Gasteiger partial charge in [0.25, 0.3) is 0 Å². The van der Waals surface area contributed by atoms with Crippen LogP contribution in [0.2, 0.25) is 0 Å². The van der Waals surface area contributed by atoms with E-state index >= 15 is 0 Å². The van der Waals surface area contributed by atoms with Crippen molar-refractivity contribution in [1.29, 1.82) is 0 Å². The summed E-state index contributed by atoms with van der Waals surface area (Å²) in [6.45, 7) is 5.22. The fourth-order valence-electron chi connectivity index (χ4n) is 1.79. The highest BCUT2D eigenvalue weighted by Gasteiger charge is 2.12. The van der Waals surface area contributed by atoms with Crippen molar-refractivity contribution in [2.75, 3.05) is 5.73 Å². The number of anilines is 1. The average molecular weight is 294 g/mol. The molecular weight excluding hydrogens is 278 g/mol. The lowest BCUT2D eigenvalue weighted by atomic mass is 10.1. The number of imidazole rings is 1. The highest BCUT2D eigenvalue weighted by molar-refractivity contribution is 9.10. The number of hydrogen-bond donors (Lipinski definition) is 1. The van der Waals surface area contributed by atoms with E-state index in [0.717, 1.165) is 28.1 Å². The zero-order valence-corrected chi connectivity index (χ0v) is 11.6. The van der Waals surface area contributed by atoms with E-state index in [1.807, 2.05) is 35.2 Å². The van der Waals surface area contributed by atoms with Gasteiger partial charge in [0.1, 0.15) is 11.5 Å². The molecule has 3 nitrogen and oxygen atoms in total. The largest absolute Gasteiger partial charge is 0.383 e. The molecular formula is C13H16BrN3. The smallest absolute Gasteiger partial charge is 0.131 e. The summed E-state index contributed by atoms with van der Waals surface area (Å²) < 4.78 is 3.01. The van der Waals surface area contributed by atoms with Gasteiger partial charge < -0.3 is 10.3 Å². The molecule has 2 rings (SSSR count). The van der Waals surface area contributed by atoms with Crippen LogP contribution in [0, 0.1) is 5.92 Å². The molecule has 0 radical (unpaired) electrons. The maximum atomic E-state index is 6.13. The first kappa shape index (κ1) is 12.2. The Labute approximate surface area is 110 Å². The van der Waals surface area contributed by atoms with Crippen molar-refractivity contribution < 1.29 is 0 Å². The first-order chi connectivity index (χ1) is 8.09. The van der Waals surface area contributed by atoms with E-state index in [1.165, 1.54) is 0 Å². The van der Waals surface area contributed by atoms with E-state index in [1.54, 1.807) is 0 Å². The summed E-state index contributed by atoms with van der Waals surface area (Å²) in [6.07, 6.45) is 1.81. The summed E-state index contributed by atoms with van der Waals surface area (Å²) in [7, 11) is 0. The zero-order valence-electron chi connectivity index (χ0n) is 10.0. The van der Waals surface area contributed by atoms with Crippen LogP contribution in [0.1, 0.15) is 13.8 Å². The Balaban J connectivity index is 2.41. The van der Waals surface area contributed by atoms with Gasteiger partial charge >= 0.3 is 0 Å². The van der Waals surface area contributed by atoms with Gasteiger partial charge in [-0.15, -0.1) is 0 Å². The molecule has 0 aliphatic heterocycles. The molecule has 1 aromatic carbocycles. The van der Waals surface area contributed by atoms with Gasteiger partial charge in [0.2, 0.25) is 0 Å². The predicted octanol–water partition coefficient (Wildman–Crippen LogP) is 3.55. The van der Waals surface area contributed by atoms with Gasteiger partial charge in [-0.05, 0) is 12.0 Å². The van der Waals surface area contributed by atoms with Crippen molar-refractivity contribution in [2.45, 2.75) is 20.4 Å². The Morgan fingerprint density at radius 1 is 1.35 bits per heavy atom. The summed E-state index contributed by atoms with van der Waals surface area (Å²) >= 11 is 3.52. The van der Waals surface area contributed by atoms with E-state index in [9.17, 15) is 0 Å². The Hall–Kier alpha value is -1.29. The van der Waals surface area contributed by atoms with Crippen molar-refractivity contribution in [2.24, 2.45) is 5.92 Å². The van der Waals surface area contributed by atoms with Crippen LogP contribution >= 0.6 is 15.9 Å². The molecule has 1 aromatic heterocycles. The van der Waals surface area contributed by atoms with E-state index in [-0.39, 0.29) is 0 Å². The summed E-state index contributed by atoms with van der Waals surface area (Å²) in [4.78, 5) is 4.41. The van der Waals surface area contributed by atoms with Crippen LogP contribution in [0.3, 0.4) is 0 Å². The normalized spacial score (nSPS) is 11.1. The number of benzene rings is 1. The lowest BCUT2D eigenvalue weighted by molar-refractivity contribution is 0.527. The number of nitrogen functional groups attached to an aromatic ring is 1. The second kappa shape index (κ2) is 4.92. The number of hydrogen-bond acceptors (Lipinski definition) is 2. The van der Waals surface area contributed by atoms with Crippen molar-refractivity contribution in [3.05, 3.63) is 35.1 Å². The summed E-state index contributed by atoms with van der Waals surface area (Å²) in [6, 6.07) is 7.98. The molecule has 0 fully saturated rings. The van der Waals surface area contributed by atoms with Crippen molar-refractivity contribution in [1.82, 2.24) is 9.55 Å². The third-order valence-electron chi connectivity index (χ3n) is 2.57. The number of nitrogens with two attached hydrogens (primary N) is 1. The molecule has 0 bridgehead atoms. The minimum Gasteiger partial charge on any atom is -0.383 e. The van der Waals surface area contributed by atoms with Crippen LogP contribution in [0.15, 0.2) is 35.1 Å².